The zero-order chi connectivity index (χ0) is 14.3. The van der Waals surface area contributed by atoms with E-state index in [1.807, 2.05) is 6.92 Å². The Morgan fingerprint density at radius 3 is 2.21 bits per heavy atom. The van der Waals surface area contributed by atoms with E-state index in [-0.39, 0.29) is 11.9 Å². The molecule has 112 valence electrons. The van der Waals surface area contributed by atoms with Gasteiger partial charge in [-0.05, 0) is 45.4 Å². The van der Waals surface area contributed by atoms with Gasteiger partial charge in [0.05, 0.1) is 6.04 Å². The Morgan fingerprint density at radius 2 is 1.68 bits per heavy atom. The molecule has 0 bridgehead atoms. The highest BCUT2D eigenvalue weighted by atomic mass is 16.2. The van der Waals surface area contributed by atoms with E-state index in [1.54, 1.807) is 0 Å². The highest BCUT2D eigenvalue weighted by Gasteiger charge is 2.23. The molecule has 2 atom stereocenters. The van der Waals surface area contributed by atoms with Crippen molar-refractivity contribution in [2.75, 3.05) is 0 Å². The van der Waals surface area contributed by atoms with Crippen molar-refractivity contribution in [1.29, 1.82) is 0 Å². The van der Waals surface area contributed by atoms with Crippen molar-refractivity contribution in [1.82, 2.24) is 10.6 Å². The van der Waals surface area contributed by atoms with Gasteiger partial charge in [-0.3, -0.25) is 4.79 Å². The maximum absolute atomic E-state index is 12.1. The van der Waals surface area contributed by atoms with Gasteiger partial charge in [0.2, 0.25) is 5.91 Å². The molecule has 3 nitrogen and oxygen atoms in total. The number of amides is 1. The monoisotopic (exact) mass is 268 g/mol. The molecule has 0 heterocycles. The van der Waals surface area contributed by atoms with Gasteiger partial charge in [-0.2, -0.15) is 0 Å². The van der Waals surface area contributed by atoms with Crippen LogP contribution in [0.15, 0.2) is 0 Å². The quantitative estimate of drug-likeness (QED) is 0.744. The fourth-order valence-corrected chi connectivity index (χ4v) is 3.06. The van der Waals surface area contributed by atoms with Gasteiger partial charge >= 0.3 is 0 Å². The summed E-state index contributed by atoms with van der Waals surface area (Å²) in [5.74, 6) is 0.897. The van der Waals surface area contributed by atoms with Crippen LogP contribution in [0.25, 0.3) is 0 Å². The minimum atomic E-state index is -0.0856. The van der Waals surface area contributed by atoms with Crippen LogP contribution < -0.4 is 10.6 Å². The van der Waals surface area contributed by atoms with E-state index in [9.17, 15) is 4.79 Å². The average molecular weight is 268 g/mol. The average Bonchev–Trinajstić information content (AvgIpc) is 2.45. The molecule has 1 rings (SSSR count). The first-order valence-corrected chi connectivity index (χ1v) is 8.14. The predicted octanol–water partition coefficient (Wildman–Crippen LogP) is 3.24. The third kappa shape index (κ3) is 5.52. The first kappa shape index (κ1) is 16.5. The summed E-state index contributed by atoms with van der Waals surface area (Å²) in [7, 11) is 0. The Labute approximate surface area is 118 Å². The molecule has 1 fully saturated rings. The molecule has 1 aliphatic rings. The highest BCUT2D eigenvalue weighted by molar-refractivity contribution is 5.81. The summed E-state index contributed by atoms with van der Waals surface area (Å²) >= 11 is 0. The first-order chi connectivity index (χ1) is 9.08. The molecule has 2 N–H and O–H groups in total. The zero-order valence-electron chi connectivity index (χ0n) is 13.2. The van der Waals surface area contributed by atoms with Crippen LogP contribution in [0.1, 0.15) is 72.6 Å². The summed E-state index contributed by atoms with van der Waals surface area (Å²) in [6.07, 6.45) is 8.73. The molecule has 0 aliphatic heterocycles. The van der Waals surface area contributed by atoms with E-state index in [0.29, 0.717) is 12.1 Å². The Hall–Kier alpha value is -0.570. The van der Waals surface area contributed by atoms with Gasteiger partial charge in [0.25, 0.3) is 0 Å². The fourth-order valence-electron chi connectivity index (χ4n) is 3.06. The van der Waals surface area contributed by atoms with Crippen LogP contribution in [0.4, 0.5) is 0 Å². The van der Waals surface area contributed by atoms with Crippen molar-refractivity contribution in [3.63, 3.8) is 0 Å². The lowest BCUT2D eigenvalue weighted by molar-refractivity contribution is -0.123. The first-order valence-electron chi connectivity index (χ1n) is 8.14. The van der Waals surface area contributed by atoms with Gasteiger partial charge in [-0.1, -0.05) is 33.1 Å². The van der Waals surface area contributed by atoms with Crippen LogP contribution in [0.2, 0.25) is 0 Å². The van der Waals surface area contributed by atoms with Crippen molar-refractivity contribution in [2.45, 2.75) is 90.8 Å². The molecular weight excluding hydrogens is 236 g/mol. The van der Waals surface area contributed by atoms with Gasteiger partial charge in [-0.25, -0.2) is 0 Å². The van der Waals surface area contributed by atoms with Crippen LogP contribution in [0.5, 0.6) is 0 Å². The molecule has 19 heavy (non-hydrogen) atoms. The summed E-state index contributed by atoms with van der Waals surface area (Å²) in [6, 6.07) is 0.682. The van der Waals surface area contributed by atoms with E-state index >= 15 is 0 Å². The summed E-state index contributed by atoms with van der Waals surface area (Å²) in [5.41, 5.74) is 0. The van der Waals surface area contributed by atoms with E-state index in [1.165, 1.54) is 32.1 Å². The van der Waals surface area contributed by atoms with Gasteiger partial charge in [-0.15, -0.1) is 0 Å². The molecule has 1 saturated carbocycles. The molecule has 1 amide bonds. The van der Waals surface area contributed by atoms with E-state index in [0.717, 1.165) is 18.8 Å². The second-order valence-electron chi connectivity index (χ2n) is 6.10. The minimum Gasteiger partial charge on any atom is -0.352 e. The highest BCUT2D eigenvalue weighted by Crippen LogP contribution is 2.26. The van der Waals surface area contributed by atoms with Crippen LogP contribution in [0.3, 0.4) is 0 Å². The van der Waals surface area contributed by atoms with Gasteiger partial charge in [0.15, 0.2) is 0 Å². The smallest absolute Gasteiger partial charge is 0.237 e. The molecule has 0 aromatic heterocycles. The zero-order valence-corrected chi connectivity index (χ0v) is 13.2. The summed E-state index contributed by atoms with van der Waals surface area (Å²) in [5, 5.41) is 6.61. The van der Waals surface area contributed by atoms with Crippen molar-refractivity contribution in [2.24, 2.45) is 5.92 Å². The van der Waals surface area contributed by atoms with Crippen LogP contribution in [0, 0.1) is 5.92 Å². The second kappa shape index (κ2) is 8.57. The summed E-state index contributed by atoms with van der Waals surface area (Å²) < 4.78 is 0. The van der Waals surface area contributed by atoms with E-state index < -0.39 is 0 Å². The van der Waals surface area contributed by atoms with Crippen molar-refractivity contribution < 1.29 is 4.79 Å². The normalized spacial score (nSPS) is 20.3. The van der Waals surface area contributed by atoms with Gasteiger partial charge in [0.1, 0.15) is 0 Å². The number of hydrogen-bond acceptors (Lipinski definition) is 2. The Kier molecular flexibility index (Phi) is 7.44. The summed E-state index contributed by atoms with van der Waals surface area (Å²) in [6.45, 7) is 8.46. The van der Waals surface area contributed by atoms with Gasteiger partial charge < -0.3 is 10.6 Å². The lowest BCUT2D eigenvalue weighted by atomic mass is 9.84. The fraction of sp³-hybridized carbons (Fsp3) is 0.938. The van der Waals surface area contributed by atoms with Crippen LogP contribution >= 0.6 is 0 Å². The molecular formula is C16H32N2O. The van der Waals surface area contributed by atoms with Crippen molar-refractivity contribution >= 4 is 5.91 Å². The standard InChI is InChI=1S/C16H32N2O/c1-5-15(6-2)18-16(19)13(4)17-12(3)14-10-8-7-9-11-14/h12-15,17H,5-11H2,1-4H3,(H,18,19)/t12-,13?/m1/s1. The Morgan fingerprint density at radius 1 is 1.11 bits per heavy atom. The van der Waals surface area contributed by atoms with Gasteiger partial charge in [0, 0.05) is 12.1 Å². The lowest BCUT2D eigenvalue weighted by Gasteiger charge is -2.30. The maximum Gasteiger partial charge on any atom is 0.237 e. The predicted molar refractivity (Wildman–Crippen MR) is 81.1 cm³/mol. The Bertz CT molecular complexity index is 257. The molecule has 0 saturated heterocycles. The van der Waals surface area contributed by atoms with Crippen LogP contribution in [-0.2, 0) is 4.79 Å². The summed E-state index contributed by atoms with van der Waals surface area (Å²) in [4.78, 5) is 12.1. The molecule has 3 heteroatoms. The second-order valence-corrected chi connectivity index (χ2v) is 6.10. The number of carbonyl (C=O) groups is 1. The van der Waals surface area contributed by atoms with Crippen LogP contribution in [-0.4, -0.2) is 24.0 Å². The molecule has 0 aromatic carbocycles. The molecule has 1 aliphatic carbocycles. The number of nitrogens with one attached hydrogen (secondary N) is 2. The van der Waals surface area contributed by atoms with Crippen molar-refractivity contribution in [3.05, 3.63) is 0 Å². The maximum atomic E-state index is 12.1. The third-order valence-corrected chi connectivity index (χ3v) is 4.60. The lowest BCUT2D eigenvalue weighted by Crippen LogP contribution is -2.50. The van der Waals surface area contributed by atoms with E-state index in [4.69, 9.17) is 0 Å². The molecule has 1 unspecified atom stereocenters. The van der Waals surface area contributed by atoms with E-state index in [2.05, 4.69) is 31.4 Å². The number of hydrogen-bond donors (Lipinski definition) is 2. The number of carbonyl (C=O) groups excluding carboxylic acids is 1. The SMILES string of the molecule is CCC(CC)NC(=O)C(C)N[C@H](C)C1CCCCC1. The third-order valence-electron chi connectivity index (χ3n) is 4.60. The molecule has 0 radical (unpaired) electrons. The molecule has 0 aromatic rings. The minimum absolute atomic E-state index is 0.0856. The largest absolute Gasteiger partial charge is 0.352 e. The Balaban J connectivity index is 2.35. The van der Waals surface area contributed by atoms with Crippen molar-refractivity contribution in [3.8, 4) is 0 Å². The molecule has 0 spiro atoms. The topological polar surface area (TPSA) is 41.1 Å². The number of rotatable bonds is 7.